The van der Waals surface area contributed by atoms with E-state index in [4.69, 9.17) is 0 Å². The van der Waals surface area contributed by atoms with Crippen LogP contribution in [0.4, 0.5) is 0 Å². The van der Waals surface area contributed by atoms with Gasteiger partial charge in [-0.3, -0.25) is 0 Å². The maximum atomic E-state index is 13.4. The zero-order valence-electron chi connectivity index (χ0n) is 14.7. The van der Waals surface area contributed by atoms with E-state index in [9.17, 15) is 8.42 Å². The number of sulfone groups is 1. The maximum absolute atomic E-state index is 13.4. The lowest BCUT2D eigenvalue weighted by Crippen LogP contribution is -2.57. The third-order valence-electron chi connectivity index (χ3n) is 6.24. The number of benzene rings is 2. The number of hydrogen-bond donors (Lipinski definition) is 2. The van der Waals surface area contributed by atoms with Crippen molar-refractivity contribution in [1.29, 1.82) is 0 Å². The first-order valence-corrected chi connectivity index (χ1v) is 10.6. The Morgan fingerprint density at radius 1 is 1.08 bits per heavy atom. The molecule has 3 atom stereocenters. The SMILES string of the molecule is CC1(S(=O)(=O)c2ccccc2)CN[C@@H]2Cc3c[nH]c4cccc(c34)[C@H]2C1. The summed E-state index contributed by atoms with van der Waals surface area (Å²) >= 11 is 0. The summed E-state index contributed by atoms with van der Waals surface area (Å²) in [6, 6.07) is 15.5. The lowest BCUT2D eigenvalue weighted by molar-refractivity contribution is 0.294. The van der Waals surface area contributed by atoms with Gasteiger partial charge >= 0.3 is 0 Å². The van der Waals surface area contributed by atoms with E-state index in [1.807, 2.05) is 13.0 Å². The summed E-state index contributed by atoms with van der Waals surface area (Å²) in [5.74, 6) is 0.208. The molecule has 1 unspecified atom stereocenters. The average molecular weight is 366 g/mol. The first-order valence-electron chi connectivity index (χ1n) is 9.12. The fourth-order valence-electron chi connectivity index (χ4n) is 4.79. The number of H-pyrrole nitrogens is 1. The van der Waals surface area contributed by atoms with Gasteiger partial charge in [-0.25, -0.2) is 8.42 Å². The average Bonchev–Trinajstić information content (AvgIpc) is 3.07. The predicted octanol–water partition coefficient (Wildman–Crippen LogP) is 3.40. The van der Waals surface area contributed by atoms with E-state index >= 15 is 0 Å². The summed E-state index contributed by atoms with van der Waals surface area (Å²) in [7, 11) is -3.42. The Hall–Kier alpha value is -2.11. The third kappa shape index (κ3) is 2.14. The van der Waals surface area contributed by atoms with Gasteiger partial charge < -0.3 is 10.3 Å². The standard InChI is InChI=1S/C21H22N2O2S/c1-21(26(24,25)15-6-3-2-4-7-15)11-17-16-8-5-9-18-20(16)14(12-22-18)10-19(17)23-13-21/h2-9,12,17,19,22-23H,10-11,13H2,1H3/t17-,19-,21?/m1/s1. The molecule has 0 saturated carbocycles. The Labute approximate surface area is 153 Å². The predicted molar refractivity (Wildman–Crippen MR) is 103 cm³/mol. The van der Waals surface area contributed by atoms with Gasteiger partial charge in [0.15, 0.2) is 9.84 Å². The second kappa shape index (κ2) is 5.44. The first-order chi connectivity index (χ1) is 12.5. The Balaban J connectivity index is 1.59. The molecule has 2 N–H and O–H groups in total. The highest BCUT2D eigenvalue weighted by Gasteiger charge is 2.48. The quantitative estimate of drug-likeness (QED) is 0.731. The fraction of sp³-hybridized carbons (Fsp3) is 0.333. The van der Waals surface area contributed by atoms with Crippen LogP contribution in [-0.4, -0.2) is 30.7 Å². The molecular weight excluding hydrogens is 344 g/mol. The molecular formula is C21H22N2O2S. The minimum Gasteiger partial charge on any atom is -0.361 e. The molecule has 0 amide bonds. The van der Waals surface area contributed by atoms with Crippen molar-refractivity contribution < 1.29 is 8.42 Å². The summed E-state index contributed by atoms with van der Waals surface area (Å²) in [6.07, 6.45) is 3.69. The number of fused-ring (bicyclic) bond motifs is 2. The van der Waals surface area contributed by atoms with Crippen LogP contribution in [0, 0.1) is 0 Å². The van der Waals surface area contributed by atoms with Crippen molar-refractivity contribution in [1.82, 2.24) is 10.3 Å². The highest BCUT2D eigenvalue weighted by molar-refractivity contribution is 7.92. The molecule has 1 aliphatic heterocycles. The number of aromatic nitrogens is 1. The molecule has 5 heteroatoms. The minimum atomic E-state index is -3.42. The Bertz CT molecular complexity index is 1090. The molecule has 1 saturated heterocycles. The van der Waals surface area contributed by atoms with Crippen molar-refractivity contribution >= 4 is 20.7 Å². The van der Waals surface area contributed by atoms with Gasteiger partial charge in [-0.2, -0.15) is 0 Å². The van der Waals surface area contributed by atoms with Gasteiger partial charge in [0.1, 0.15) is 0 Å². The van der Waals surface area contributed by atoms with Gasteiger partial charge in [-0.1, -0.05) is 30.3 Å². The highest BCUT2D eigenvalue weighted by Crippen LogP contribution is 2.45. The smallest absolute Gasteiger partial charge is 0.185 e. The summed E-state index contributed by atoms with van der Waals surface area (Å²) < 4.78 is 25.9. The van der Waals surface area contributed by atoms with Crippen molar-refractivity contribution in [3.63, 3.8) is 0 Å². The number of aromatic amines is 1. The number of nitrogens with one attached hydrogen (secondary N) is 2. The molecule has 2 aliphatic rings. The van der Waals surface area contributed by atoms with Gasteiger partial charge in [0.05, 0.1) is 9.64 Å². The normalized spacial score (nSPS) is 28.0. The molecule has 1 aliphatic carbocycles. The molecule has 26 heavy (non-hydrogen) atoms. The van der Waals surface area contributed by atoms with E-state index in [0.29, 0.717) is 23.9 Å². The molecule has 5 rings (SSSR count). The molecule has 2 heterocycles. The van der Waals surface area contributed by atoms with Gasteiger partial charge in [0.25, 0.3) is 0 Å². The maximum Gasteiger partial charge on any atom is 0.185 e. The molecule has 0 spiro atoms. The largest absolute Gasteiger partial charge is 0.361 e. The molecule has 1 fully saturated rings. The van der Waals surface area contributed by atoms with Crippen LogP contribution in [0.25, 0.3) is 10.9 Å². The van der Waals surface area contributed by atoms with Crippen LogP contribution in [-0.2, 0) is 16.3 Å². The van der Waals surface area contributed by atoms with Crippen molar-refractivity contribution in [3.8, 4) is 0 Å². The summed E-state index contributed by atoms with van der Waals surface area (Å²) in [6.45, 7) is 2.38. The lowest BCUT2D eigenvalue weighted by atomic mass is 9.73. The highest BCUT2D eigenvalue weighted by atomic mass is 32.2. The van der Waals surface area contributed by atoms with Crippen LogP contribution in [0.3, 0.4) is 0 Å². The Morgan fingerprint density at radius 2 is 1.88 bits per heavy atom. The van der Waals surface area contributed by atoms with E-state index in [-0.39, 0.29) is 5.92 Å². The molecule has 1 aromatic heterocycles. The molecule has 4 nitrogen and oxygen atoms in total. The van der Waals surface area contributed by atoms with E-state index in [1.54, 1.807) is 24.3 Å². The Kier molecular flexibility index (Phi) is 3.37. The van der Waals surface area contributed by atoms with Crippen LogP contribution in [0.1, 0.15) is 30.4 Å². The van der Waals surface area contributed by atoms with Crippen molar-refractivity contribution in [2.45, 2.75) is 41.4 Å². The van der Waals surface area contributed by atoms with Crippen LogP contribution < -0.4 is 5.32 Å². The lowest BCUT2D eigenvalue weighted by Gasteiger charge is -2.45. The summed E-state index contributed by atoms with van der Waals surface area (Å²) in [5, 5.41) is 4.86. The van der Waals surface area contributed by atoms with Crippen molar-refractivity contribution in [2.75, 3.05) is 6.54 Å². The first kappa shape index (κ1) is 16.1. The van der Waals surface area contributed by atoms with E-state index in [2.05, 4.69) is 34.7 Å². The molecule has 0 bridgehead atoms. The number of hydrogen-bond acceptors (Lipinski definition) is 3. The van der Waals surface area contributed by atoms with E-state index < -0.39 is 14.6 Å². The molecule has 2 aromatic carbocycles. The monoisotopic (exact) mass is 366 g/mol. The zero-order chi connectivity index (χ0) is 17.9. The second-order valence-corrected chi connectivity index (χ2v) is 10.3. The minimum absolute atomic E-state index is 0.208. The molecule has 3 aromatic rings. The van der Waals surface area contributed by atoms with Gasteiger partial charge in [-0.05, 0) is 49.1 Å². The summed E-state index contributed by atoms with van der Waals surface area (Å²) in [5.41, 5.74) is 3.75. The van der Waals surface area contributed by atoms with Crippen molar-refractivity contribution in [2.24, 2.45) is 0 Å². The number of rotatable bonds is 2. The van der Waals surface area contributed by atoms with E-state index in [1.165, 1.54) is 16.5 Å². The second-order valence-electron chi connectivity index (χ2n) is 7.85. The van der Waals surface area contributed by atoms with Crippen LogP contribution in [0.15, 0.2) is 59.6 Å². The molecule has 134 valence electrons. The Morgan fingerprint density at radius 3 is 2.69 bits per heavy atom. The van der Waals surface area contributed by atoms with Gasteiger partial charge in [0.2, 0.25) is 0 Å². The van der Waals surface area contributed by atoms with Crippen LogP contribution in [0.5, 0.6) is 0 Å². The third-order valence-corrected chi connectivity index (χ3v) is 8.74. The van der Waals surface area contributed by atoms with Crippen LogP contribution in [0.2, 0.25) is 0 Å². The van der Waals surface area contributed by atoms with Gasteiger partial charge in [-0.15, -0.1) is 0 Å². The van der Waals surface area contributed by atoms with Gasteiger partial charge in [0, 0.05) is 35.6 Å². The number of piperidine rings is 1. The van der Waals surface area contributed by atoms with E-state index in [0.717, 1.165) is 11.9 Å². The summed E-state index contributed by atoms with van der Waals surface area (Å²) in [4.78, 5) is 3.78. The zero-order valence-corrected chi connectivity index (χ0v) is 15.5. The van der Waals surface area contributed by atoms with Crippen LogP contribution >= 0.6 is 0 Å². The van der Waals surface area contributed by atoms with Crippen molar-refractivity contribution in [3.05, 3.63) is 65.9 Å². The fourth-order valence-corrected chi connectivity index (χ4v) is 6.55. The topological polar surface area (TPSA) is 62.0 Å². The molecule has 0 radical (unpaired) electrons.